The highest BCUT2D eigenvalue weighted by molar-refractivity contribution is 5.79. The maximum atomic E-state index is 9.56. The minimum absolute atomic E-state index is 0.369. The molecule has 0 amide bonds. The topological polar surface area (TPSA) is 113 Å². The van der Waals surface area contributed by atoms with E-state index in [9.17, 15) is 5.26 Å². The summed E-state index contributed by atoms with van der Waals surface area (Å²) in [7, 11) is 1.69. The Bertz CT molecular complexity index is 1100. The lowest BCUT2D eigenvalue weighted by molar-refractivity contribution is 0.409. The average molecular weight is 446 g/mol. The van der Waals surface area contributed by atoms with Crippen molar-refractivity contribution in [3.05, 3.63) is 71.4 Å². The lowest BCUT2D eigenvalue weighted by atomic mass is 10.1. The van der Waals surface area contributed by atoms with Gasteiger partial charge in [0.25, 0.3) is 0 Å². The van der Waals surface area contributed by atoms with Gasteiger partial charge in [0, 0.05) is 19.6 Å². The molecule has 2 aromatic carbocycles. The third kappa shape index (κ3) is 6.26. The van der Waals surface area contributed by atoms with Crippen LogP contribution in [0.4, 0.5) is 5.82 Å². The molecule has 3 aromatic rings. The van der Waals surface area contributed by atoms with E-state index in [1.54, 1.807) is 11.8 Å². The summed E-state index contributed by atoms with van der Waals surface area (Å²) >= 11 is 0. The number of anilines is 1. The number of guanidine groups is 1. The fourth-order valence-corrected chi connectivity index (χ4v) is 3.55. The van der Waals surface area contributed by atoms with Crippen LogP contribution in [-0.2, 0) is 12.8 Å². The summed E-state index contributed by atoms with van der Waals surface area (Å²) < 4.78 is 7.04. The first kappa shape index (κ1) is 23.7. The molecule has 33 heavy (non-hydrogen) atoms. The van der Waals surface area contributed by atoms with Gasteiger partial charge in [0.2, 0.25) is 0 Å². The Kier molecular flexibility index (Phi) is 8.71. The molecule has 0 unspecified atom stereocenters. The van der Waals surface area contributed by atoms with Crippen LogP contribution in [-0.4, -0.2) is 42.5 Å². The van der Waals surface area contributed by atoms with Crippen molar-refractivity contribution in [3.8, 4) is 17.5 Å². The number of hydrogen-bond acceptors (Lipinski definition) is 5. The maximum Gasteiger partial charge on any atom is 0.191 e. The molecule has 3 rings (SSSR count). The molecule has 0 aliphatic rings. The molecule has 0 bridgehead atoms. The molecule has 0 saturated heterocycles. The van der Waals surface area contributed by atoms with Crippen molar-refractivity contribution in [1.82, 2.24) is 20.4 Å². The van der Waals surface area contributed by atoms with Gasteiger partial charge in [0.15, 0.2) is 5.96 Å². The van der Waals surface area contributed by atoms with Gasteiger partial charge in [-0.15, -0.1) is 0 Å². The van der Waals surface area contributed by atoms with Gasteiger partial charge in [-0.25, -0.2) is 4.68 Å². The van der Waals surface area contributed by atoms with Crippen molar-refractivity contribution in [1.29, 1.82) is 5.26 Å². The fraction of sp³-hybridized carbons (Fsp3) is 0.320. The molecule has 0 spiro atoms. The van der Waals surface area contributed by atoms with E-state index in [0.717, 1.165) is 48.9 Å². The van der Waals surface area contributed by atoms with E-state index >= 15 is 0 Å². The second-order valence-electron chi connectivity index (χ2n) is 7.42. The van der Waals surface area contributed by atoms with Gasteiger partial charge in [0.1, 0.15) is 23.2 Å². The van der Waals surface area contributed by atoms with Crippen LogP contribution in [0.25, 0.3) is 5.69 Å². The standard InChI is InChI=1S/C25H31N7O/c1-3-28-25(30-17-15-19-10-7-8-14-23(19)33-2)29-16-9-13-22-21(18-26)24(27)32(31-22)20-11-5-4-6-12-20/h4-8,10-12,14H,3,9,13,15-17,27H2,1-2H3,(H2,28,29,30). The number of nitrogens with two attached hydrogens (primary N) is 1. The molecular weight excluding hydrogens is 414 g/mol. The molecule has 172 valence electrons. The monoisotopic (exact) mass is 445 g/mol. The molecule has 0 aliphatic heterocycles. The van der Waals surface area contributed by atoms with Crippen molar-refractivity contribution in [3.63, 3.8) is 0 Å². The van der Waals surface area contributed by atoms with Gasteiger partial charge >= 0.3 is 0 Å². The third-order valence-electron chi connectivity index (χ3n) is 5.17. The first-order valence-corrected chi connectivity index (χ1v) is 11.1. The first-order chi connectivity index (χ1) is 16.2. The Morgan fingerprint density at radius 1 is 1.12 bits per heavy atom. The number of ether oxygens (including phenoxy) is 1. The number of aryl methyl sites for hydroxylation is 1. The van der Waals surface area contributed by atoms with Crippen molar-refractivity contribution in [2.24, 2.45) is 4.99 Å². The van der Waals surface area contributed by atoms with Crippen molar-refractivity contribution in [2.45, 2.75) is 26.2 Å². The van der Waals surface area contributed by atoms with E-state index in [4.69, 9.17) is 10.5 Å². The SMILES string of the molecule is CCNC(=NCCCc1nn(-c2ccccc2)c(N)c1C#N)NCCc1ccccc1OC. The molecule has 8 heteroatoms. The predicted molar refractivity (Wildman–Crippen MR) is 132 cm³/mol. The molecule has 4 N–H and O–H groups in total. The second kappa shape index (κ2) is 12.2. The zero-order valence-electron chi connectivity index (χ0n) is 19.2. The van der Waals surface area contributed by atoms with E-state index in [1.807, 2.05) is 55.5 Å². The van der Waals surface area contributed by atoms with E-state index in [1.165, 1.54) is 0 Å². The minimum atomic E-state index is 0.369. The molecule has 0 aliphatic carbocycles. The maximum absolute atomic E-state index is 9.56. The number of hydrogen-bond donors (Lipinski definition) is 3. The van der Waals surface area contributed by atoms with E-state index in [2.05, 4.69) is 32.9 Å². The molecule has 0 atom stereocenters. The van der Waals surface area contributed by atoms with Crippen LogP contribution in [0.5, 0.6) is 5.75 Å². The zero-order valence-corrected chi connectivity index (χ0v) is 19.2. The highest BCUT2D eigenvalue weighted by Crippen LogP contribution is 2.21. The highest BCUT2D eigenvalue weighted by Gasteiger charge is 2.16. The largest absolute Gasteiger partial charge is 0.496 e. The number of methoxy groups -OCH3 is 1. The third-order valence-corrected chi connectivity index (χ3v) is 5.17. The van der Waals surface area contributed by atoms with E-state index < -0.39 is 0 Å². The van der Waals surface area contributed by atoms with Crippen LogP contribution >= 0.6 is 0 Å². The Balaban J connectivity index is 1.57. The van der Waals surface area contributed by atoms with Gasteiger partial charge in [-0.3, -0.25) is 4.99 Å². The predicted octanol–water partition coefficient (Wildman–Crippen LogP) is 3.07. The molecule has 8 nitrogen and oxygen atoms in total. The quantitative estimate of drug-likeness (QED) is 0.251. The number of nitrogens with one attached hydrogen (secondary N) is 2. The molecular formula is C25H31N7O. The van der Waals surface area contributed by atoms with Crippen LogP contribution in [0.1, 0.15) is 30.2 Å². The summed E-state index contributed by atoms with van der Waals surface area (Å²) in [6.45, 7) is 4.16. The lowest BCUT2D eigenvalue weighted by Gasteiger charge is -2.12. The summed E-state index contributed by atoms with van der Waals surface area (Å²) in [5, 5.41) is 20.8. The van der Waals surface area contributed by atoms with Crippen molar-refractivity contribution >= 4 is 11.8 Å². The number of rotatable bonds is 10. The Labute approximate surface area is 195 Å². The van der Waals surface area contributed by atoms with Crippen LogP contribution in [0.2, 0.25) is 0 Å². The molecule has 0 saturated carbocycles. The number of aromatic nitrogens is 2. The van der Waals surface area contributed by atoms with Crippen LogP contribution < -0.4 is 21.1 Å². The number of nitriles is 1. The lowest BCUT2D eigenvalue weighted by Crippen LogP contribution is -2.38. The highest BCUT2D eigenvalue weighted by atomic mass is 16.5. The summed E-state index contributed by atoms with van der Waals surface area (Å²) in [4.78, 5) is 4.66. The molecule has 1 aromatic heterocycles. The van der Waals surface area contributed by atoms with Crippen LogP contribution in [0.15, 0.2) is 59.6 Å². The molecule has 1 heterocycles. The second-order valence-corrected chi connectivity index (χ2v) is 7.42. The van der Waals surface area contributed by atoms with E-state index in [-0.39, 0.29) is 0 Å². The Morgan fingerprint density at radius 3 is 2.61 bits per heavy atom. The number of benzene rings is 2. The summed E-state index contributed by atoms with van der Waals surface area (Å²) in [6, 6.07) is 19.8. The van der Waals surface area contributed by atoms with Gasteiger partial charge in [-0.05, 0) is 49.9 Å². The fourth-order valence-electron chi connectivity index (χ4n) is 3.55. The minimum Gasteiger partial charge on any atom is -0.496 e. The van der Waals surface area contributed by atoms with Crippen molar-refractivity contribution in [2.75, 3.05) is 32.5 Å². The Hall–Kier alpha value is -3.99. The van der Waals surface area contributed by atoms with Gasteiger partial charge in [-0.1, -0.05) is 36.4 Å². The number of nitrogens with zero attached hydrogens (tertiary/aromatic N) is 4. The first-order valence-electron chi connectivity index (χ1n) is 11.1. The average Bonchev–Trinajstić information content (AvgIpc) is 3.17. The van der Waals surface area contributed by atoms with Crippen LogP contribution in [0, 0.1) is 11.3 Å². The summed E-state index contributed by atoms with van der Waals surface area (Å²) in [5.41, 5.74) is 9.31. The zero-order chi connectivity index (χ0) is 23.5. The van der Waals surface area contributed by atoms with Gasteiger partial charge in [0.05, 0.1) is 18.5 Å². The number of para-hydroxylation sites is 2. The van der Waals surface area contributed by atoms with Crippen molar-refractivity contribution < 1.29 is 4.74 Å². The van der Waals surface area contributed by atoms with Gasteiger partial charge in [-0.2, -0.15) is 10.4 Å². The number of nitrogen functional groups attached to an aromatic ring is 1. The van der Waals surface area contributed by atoms with Crippen LogP contribution in [0.3, 0.4) is 0 Å². The molecule has 0 fully saturated rings. The molecule has 0 radical (unpaired) electrons. The smallest absolute Gasteiger partial charge is 0.191 e. The number of aliphatic imine (C=N–C) groups is 1. The Morgan fingerprint density at radius 2 is 1.88 bits per heavy atom. The van der Waals surface area contributed by atoms with Gasteiger partial charge < -0.3 is 21.1 Å². The summed E-state index contributed by atoms with van der Waals surface area (Å²) in [6.07, 6.45) is 2.20. The summed E-state index contributed by atoms with van der Waals surface area (Å²) in [5.74, 6) is 2.03. The normalized spacial score (nSPS) is 11.1. The van der Waals surface area contributed by atoms with E-state index in [0.29, 0.717) is 30.0 Å².